The third-order valence-corrected chi connectivity index (χ3v) is 8.33. The second-order valence-corrected chi connectivity index (χ2v) is 9.78. The molecule has 144 valence electrons. The number of amides is 1. The Morgan fingerprint density at radius 1 is 1.15 bits per heavy atom. The Morgan fingerprint density at radius 2 is 1.74 bits per heavy atom. The number of carbonyl (C=O) groups is 1. The fraction of sp³-hybridized carbons (Fsp3) is 0.350. The van der Waals surface area contributed by atoms with Crippen molar-refractivity contribution in [2.75, 3.05) is 0 Å². The maximum Gasteiger partial charge on any atom is 0.220 e. The second-order valence-electron chi connectivity index (χ2n) is 7.09. The first-order valence-corrected chi connectivity index (χ1v) is 10.6. The quantitative estimate of drug-likeness (QED) is 0.824. The first-order valence-electron chi connectivity index (χ1n) is 8.73. The summed E-state index contributed by atoms with van der Waals surface area (Å²) in [7, 11) is -3.86. The Labute approximate surface area is 163 Å². The van der Waals surface area contributed by atoms with Crippen LogP contribution in [0.4, 0.5) is 4.39 Å². The number of carbonyl (C=O) groups excluding carboxylic acids is 1. The Kier molecular flexibility index (Phi) is 5.32. The molecule has 2 aromatic rings. The fourth-order valence-corrected chi connectivity index (χ4v) is 6.33. The number of hydrogen-bond donors (Lipinski definition) is 1. The lowest BCUT2D eigenvalue weighted by Crippen LogP contribution is -2.42. The SMILES string of the molecule is Cc1ccc(F)cc1C1(S(=O)(=O)c2ccc(Cl)cc2)CCC(C(N)=O)CC1. The number of nitrogens with two attached hydrogens (primary N) is 1. The minimum absolute atomic E-state index is 0.132. The molecule has 1 amide bonds. The summed E-state index contributed by atoms with van der Waals surface area (Å²) in [6.07, 6.45) is 1.10. The lowest BCUT2D eigenvalue weighted by molar-refractivity contribution is -0.122. The average Bonchev–Trinajstić information content (AvgIpc) is 2.64. The molecule has 0 aliphatic heterocycles. The molecule has 0 atom stereocenters. The van der Waals surface area contributed by atoms with Crippen molar-refractivity contribution in [3.8, 4) is 0 Å². The maximum absolute atomic E-state index is 14.0. The lowest BCUT2D eigenvalue weighted by Gasteiger charge is -2.40. The van der Waals surface area contributed by atoms with Gasteiger partial charge in [0.05, 0.1) is 4.90 Å². The van der Waals surface area contributed by atoms with Crippen molar-refractivity contribution in [1.29, 1.82) is 0 Å². The molecule has 0 spiro atoms. The highest BCUT2D eigenvalue weighted by atomic mass is 35.5. The summed E-state index contributed by atoms with van der Waals surface area (Å²) < 4.78 is 40.1. The number of halogens is 2. The van der Waals surface area contributed by atoms with Gasteiger partial charge in [0.25, 0.3) is 0 Å². The molecule has 0 saturated heterocycles. The van der Waals surface area contributed by atoms with Crippen LogP contribution < -0.4 is 5.73 Å². The van der Waals surface area contributed by atoms with E-state index < -0.39 is 26.3 Å². The van der Waals surface area contributed by atoms with Crippen LogP contribution in [0.5, 0.6) is 0 Å². The van der Waals surface area contributed by atoms with Gasteiger partial charge in [0.2, 0.25) is 5.91 Å². The summed E-state index contributed by atoms with van der Waals surface area (Å²) in [5.41, 5.74) is 6.57. The highest BCUT2D eigenvalue weighted by Crippen LogP contribution is 2.49. The lowest BCUT2D eigenvalue weighted by atomic mass is 9.76. The van der Waals surface area contributed by atoms with Gasteiger partial charge in [-0.3, -0.25) is 4.79 Å². The van der Waals surface area contributed by atoms with E-state index in [0.29, 0.717) is 29.0 Å². The van der Waals surface area contributed by atoms with Crippen molar-refractivity contribution >= 4 is 27.3 Å². The zero-order chi connectivity index (χ0) is 19.8. The molecule has 0 unspecified atom stereocenters. The van der Waals surface area contributed by atoms with Gasteiger partial charge >= 0.3 is 0 Å². The van der Waals surface area contributed by atoms with E-state index >= 15 is 0 Å². The zero-order valence-electron chi connectivity index (χ0n) is 14.9. The van der Waals surface area contributed by atoms with E-state index in [1.807, 2.05) is 0 Å². The molecule has 2 aromatic carbocycles. The molecule has 1 fully saturated rings. The molecule has 0 aromatic heterocycles. The Bertz CT molecular complexity index is 965. The summed E-state index contributed by atoms with van der Waals surface area (Å²) in [6, 6.07) is 10.2. The summed E-state index contributed by atoms with van der Waals surface area (Å²) in [6.45, 7) is 1.77. The van der Waals surface area contributed by atoms with E-state index in [2.05, 4.69) is 0 Å². The predicted molar refractivity (Wildman–Crippen MR) is 103 cm³/mol. The molecule has 0 heterocycles. The topological polar surface area (TPSA) is 77.2 Å². The molecule has 27 heavy (non-hydrogen) atoms. The van der Waals surface area contributed by atoms with Gasteiger partial charge in [0, 0.05) is 10.9 Å². The van der Waals surface area contributed by atoms with Crippen LogP contribution in [0.15, 0.2) is 47.4 Å². The van der Waals surface area contributed by atoms with Gasteiger partial charge in [0.15, 0.2) is 9.84 Å². The van der Waals surface area contributed by atoms with Crippen LogP contribution in [0.2, 0.25) is 5.02 Å². The van der Waals surface area contributed by atoms with E-state index in [1.54, 1.807) is 13.0 Å². The molecule has 4 nitrogen and oxygen atoms in total. The highest BCUT2D eigenvalue weighted by molar-refractivity contribution is 7.92. The van der Waals surface area contributed by atoms with E-state index in [0.717, 1.165) is 0 Å². The molecule has 2 N–H and O–H groups in total. The van der Waals surface area contributed by atoms with Crippen LogP contribution in [0.1, 0.15) is 36.8 Å². The normalized spacial score (nSPS) is 23.1. The largest absolute Gasteiger partial charge is 0.369 e. The van der Waals surface area contributed by atoms with Gasteiger partial charge in [-0.15, -0.1) is 0 Å². The Morgan fingerprint density at radius 3 is 2.30 bits per heavy atom. The van der Waals surface area contributed by atoms with Crippen LogP contribution in [-0.4, -0.2) is 14.3 Å². The summed E-state index contributed by atoms with van der Waals surface area (Å²) in [5, 5.41) is 0.433. The van der Waals surface area contributed by atoms with Crippen LogP contribution >= 0.6 is 11.6 Å². The Hall–Kier alpha value is -1.92. The van der Waals surface area contributed by atoms with E-state index in [-0.39, 0.29) is 23.7 Å². The third kappa shape index (κ3) is 3.48. The first-order chi connectivity index (χ1) is 12.7. The van der Waals surface area contributed by atoms with E-state index in [1.165, 1.54) is 36.4 Å². The molecule has 1 aliphatic carbocycles. The van der Waals surface area contributed by atoms with Crippen molar-refractivity contribution in [3.05, 3.63) is 64.4 Å². The molecule has 0 bridgehead atoms. The van der Waals surface area contributed by atoms with Gasteiger partial charge in [-0.05, 0) is 80.1 Å². The van der Waals surface area contributed by atoms with Crippen molar-refractivity contribution in [2.45, 2.75) is 42.2 Å². The van der Waals surface area contributed by atoms with Crippen LogP contribution in [-0.2, 0) is 19.4 Å². The van der Waals surface area contributed by atoms with Gasteiger partial charge in [-0.1, -0.05) is 17.7 Å². The standard InChI is InChI=1S/C20H21ClFNO3S/c1-13-2-5-16(22)12-18(13)20(10-8-14(9-11-20)19(23)24)27(25,26)17-6-3-15(21)4-7-17/h2-7,12,14H,8-11H2,1H3,(H2,23,24). The molecule has 1 saturated carbocycles. The van der Waals surface area contributed by atoms with Crippen LogP contribution in [0, 0.1) is 18.7 Å². The molecule has 7 heteroatoms. The van der Waals surface area contributed by atoms with Crippen LogP contribution in [0.25, 0.3) is 0 Å². The van der Waals surface area contributed by atoms with Gasteiger partial charge < -0.3 is 5.73 Å². The molecule has 0 radical (unpaired) electrons. The van der Waals surface area contributed by atoms with Crippen LogP contribution in [0.3, 0.4) is 0 Å². The molecule has 3 rings (SSSR count). The number of hydrogen-bond acceptors (Lipinski definition) is 3. The van der Waals surface area contributed by atoms with Gasteiger partial charge in [0.1, 0.15) is 10.6 Å². The number of primary amides is 1. The van der Waals surface area contributed by atoms with Gasteiger partial charge in [-0.2, -0.15) is 0 Å². The molecular formula is C20H21ClFNO3S. The summed E-state index contributed by atoms with van der Waals surface area (Å²) >= 11 is 5.90. The van der Waals surface area contributed by atoms with E-state index in [9.17, 15) is 17.6 Å². The number of rotatable bonds is 4. The first kappa shape index (κ1) is 19.8. The smallest absolute Gasteiger partial charge is 0.220 e. The Balaban J connectivity index is 2.18. The monoisotopic (exact) mass is 409 g/mol. The highest BCUT2D eigenvalue weighted by Gasteiger charge is 2.49. The number of aryl methyl sites for hydroxylation is 1. The van der Waals surface area contributed by atoms with Crippen molar-refractivity contribution in [3.63, 3.8) is 0 Å². The maximum atomic E-state index is 14.0. The van der Waals surface area contributed by atoms with Crippen molar-refractivity contribution < 1.29 is 17.6 Å². The van der Waals surface area contributed by atoms with Gasteiger partial charge in [-0.25, -0.2) is 12.8 Å². The number of benzene rings is 2. The minimum Gasteiger partial charge on any atom is -0.369 e. The summed E-state index contributed by atoms with van der Waals surface area (Å²) in [4.78, 5) is 11.7. The fourth-order valence-electron chi connectivity index (χ4n) is 3.98. The zero-order valence-corrected chi connectivity index (χ0v) is 16.5. The van der Waals surface area contributed by atoms with Crippen molar-refractivity contribution in [2.24, 2.45) is 11.7 Å². The second kappa shape index (κ2) is 7.24. The van der Waals surface area contributed by atoms with E-state index in [4.69, 9.17) is 17.3 Å². The average molecular weight is 410 g/mol. The van der Waals surface area contributed by atoms with Crippen molar-refractivity contribution in [1.82, 2.24) is 0 Å². The number of sulfone groups is 1. The molecule has 1 aliphatic rings. The predicted octanol–water partition coefficient (Wildman–Crippen LogP) is 4.13. The summed E-state index contributed by atoms with van der Waals surface area (Å²) in [5.74, 6) is -1.28. The minimum atomic E-state index is -3.86. The molecular weight excluding hydrogens is 389 g/mol. The third-order valence-electron chi connectivity index (χ3n) is 5.52.